The molecule has 0 aromatic carbocycles. The molecule has 0 radical (unpaired) electrons. The van der Waals surface area contributed by atoms with Gasteiger partial charge in [-0.05, 0) is 111 Å². The lowest BCUT2D eigenvalue weighted by atomic mass is 9.77. The van der Waals surface area contributed by atoms with Crippen molar-refractivity contribution in [1.29, 1.82) is 0 Å². The molecule has 5 heteroatoms. The molecule has 36 heavy (non-hydrogen) atoms. The minimum atomic E-state index is 0.315. The van der Waals surface area contributed by atoms with Crippen molar-refractivity contribution in [2.45, 2.75) is 139 Å². The van der Waals surface area contributed by atoms with Gasteiger partial charge >= 0.3 is 0 Å². The van der Waals surface area contributed by atoms with Crippen LogP contribution in [0.1, 0.15) is 105 Å². The van der Waals surface area contributed by atoms with E-state index in [1.54, 1.807) is 0 Å². The normalized spacial score (nSPS) is 33.4. The quantitative estimate of drug-likeness (QED) is 0.529. The maximum Gasteiger partial charge on any atom is 0.0645 e. The summed E-state index contributed by atoms with van der Waals surface area (Å²) in [5.74, 6) is 0.868. The van der Waals surface area contributed by atoms with Gasteiger partial charge in [0.1, 0.15) is 0 Å². The molecule has 5 nitrogen and oxygen atoms in total. The molecular weight excluding hydrogens is 444 g/mol. The van der Waals surface area contributed by atoms with Crippen molar-refractivity contribution < 1.29 is 4.74 Å². The van der Waals surface area contributed by atoms with E-state index in [0.29, 0.717) is 28.2 Å². The standard InChI is InChI=1S/C31H56N4O/c1-28(2,3)32-16-13-31(14-17-32)21-25(22-35(31)26-8-6-9-26)20-29(4,5)33-18-11-30(12-19-33)10-7-15-34(30)27-23-36-24-27/h25-27H,6-24H2,1-5H3. The summed E-state index contributed by atoms with van der Waals surface area (Å²) >= 11 is 0. The molecule has 206 valence electrons. The first kappa shape index (κ1) is 26.0. The second kappa shape index (κ2) is 9.47. The third-order valence-corrected chi connectivity index (χ3v) is 11.9. The van der Waals surface area contributed by atoms with Crippen LogP contribution in [0.15, 0.2) is 0 Å². The van der Waals surface area contributed by atoms with Crippen molar-refractivity contribution in [3.8, 4) is 0 Å². The van der Waals surface area contributed by atoms with Crippen LogP contribution in [-0.2, 0) is 4.74 Å². The molecule has 5 heterocycles. The number of ether oxygens (including phenoxy) is 1. The van der Waals surface area contributed by atoms with Gasteiger partial charge in [-0.1, -0.05) is 6.42 Å². The Hall–Kier alpha value is -0.200. The minimum Gasteiger partial charge on any atom is -0.378 e. The average Bonchev–Trinajstić information content (AvgIpc) is 3.27. The smallest absolute Gasteiger partial charge is 0.0645 e. The Balaban J connectivity index is 1.09. The zero-order valence-corrected chi connectivity index (χ0v) is 24.4. The predicted octanol–water partition coefficient (Wildman–Crippen LogP) is 4.99. The molecule has 1 saturated carbocycles. The van der Waals surface area contributed by atoms with Gasteiger partial charge in [-0.15, -0.1) is 0 Å². The van der Waals surface area contributed by atoms with Crippen molar-refractivity contribution in [2.75, 3.05) is 52.5 Å². The second-order valence-electron chi connectivity index (χ2n) is 15.4. The van der Waals surface area contributed by atoms with Crippen LogP contribution in [0.3, 0.4) is 0 Å². The lowest BCUT2D eigenvalue weighted by Crippen LogP contribution is -2.62. The van der Waals surface area contributed by atoms with Gasteiger partial charge in [-0.2, -0.15) is 0 Å². The SMILES string of the molecule is CC(C)(C)N1CCC2(CC1)CC(CC(C)(C)N1CCC3(CCCN3C3COC3)CC1)CN2C1CCC1. The largest absolute Gasteiger partial charge is 0.378 e. The second-order valence-corrected chi connectivity index (χ2v) is 15.4. The number of hydrogen-bond donors (Lipinski definition) is 0. The summed E-state index contributed by atoms with van der Waals surface area (Å²) in [6, 6.07) is 1.60. The van der Waals surface area contributed by atoms with E-state index in [1.165, 1.54) is 110 Å². The topological polar surface area (TPSA) is 22.2 Å². The van der Waals surface area contributed by atoms with Crippen LogP contribution in [0, 0.1) is 5.92 Å². The zero-order chi connectivity index (χ0) is 25.2. The van der Waals surface area contributed by atoms with Gasteiger partial charge in [0.25, 0.3) is 0 Å². The fourth-order valence-electron chi connectivity index (χ4n) is 9.48. The third kappa shape index (κ3) is 4.61. The molecule has 6 fully saturated rings. The van der Waals surface area contributed by atoms with Gasteiger partial charge in [-0.25, -0.2) is 0 Å². The summed E-state index contributed by atoms with van der Waals surface area (Å²) in [6.07, 6.45) is 15.6. The maximum atomic E-state index is 5.58. The van der Waals surface area contributed by atoms with Crippen LogP contribution in [0.5, 0.6) is 0 Å². The molecule has 1 unspecified atom stereocenters. The maximum absolute atomic E-state index is 5.58. The summed E-state index contributed by atoms with van der Waals surface area (Å²) < 4.78 is 5.58. The van der Waals surface area contributed by atoms with Crippen LogP contribution < -0.4 is 0 Å². The Bertz CT molecular complexity index is 766. The van der Waals surface area contributed by atoms with Gasteiger partial charge < -0.3 is 4.74 Å². The van der Waals surface area contributed by atoms with E-state index in [0.717, 1.165) is 25.2 Å². The highest BCUT2D eigenvalue weighted by molar-refractivity contribution is 5.09. The van der Waals surface area contributed by atoms with Crippen molar-refractivity contribution in [1.82, 2.24) is 19.6 Å². The van der Waals surface area contributed by atoms with Gasteiger partial charge in [0.15, 0.2) is 0 Å². The summed E-state index contributed by atoms with van der Waals surface area (Å²) in [6.45, 7) is 22.2. The van der Waals surface area contributed by atoms with E-state index < -0.39 is 0 Å². The van der Waals surface area contributed by atoms with E-state index >= 15 is 0 Å². The first-order valence-corrected chi connectivity index (χ1v) is 15.7. The molecule has 1 aliphatic carbocycles. The summed E-state index contributed by atoms with van der Waals surface area (Å²) in [4.78, 5) is 11.6. The van der Waals surface area contributed by atoms with E-state index in [9.17, 15) is 0 Å². The molecule has 1 atom stereocenters. The lowest BCUT2D eigenvalue weighted by molar-refractivity contribution is -0.106. The summed E-state index contributed by atoms with van der Waals surface area (Å²) in [7, 11) is 0. The van der Waals surface area contributed by atoms with Gasteiger partial charge in [0.2, 0.25) is 0 Å². The Morgan fingerprint density at radius 3 is 1.89 bits per heavy atom. The van der Waals surface area contributed by atoms with E-state index in [2.05, 4.69) is 54.2 Å². The molecule has 0 bridgehead atoms. The van der Waals surface area contributed by atoms with E-state index in [1.807, 2.05) is 0 Å². The molecule has 5 saturated heterocycles. The van der Waals surface area contributed by atoms with Crippen molar-refractivity contribution in [2.24, 2.45) is 5.92 Å². The highest BCUT2D eigenvalue weighted by Gasteiger charge is 2.53. The number of nitrogens with zero attached hydrogens (tertiary/aromatic N) is 4. The highest BCUT2D eigenvalue weighted by atomic mass is 16.5. The molecule has 0 amide bonds. The highest BCUT2D eigenvalue weighted by Crippen LogP contribution is 2.49. The monoisotopic (exact) mass is 500 g/mol. The van der Waals surface area contributed by atoms with Crippen molar-refractivity contribution in [3.63, 3.8) is 0 Å². The minimum absolute atomic E-state index is 0.315. The van der Waals surface area contributed by atoms with Gasteiger partial charge in [0.05, 0.1) is 19.3 Å². The molecule has 0 aromatic rings. The fraction of sp³-hybridized carbons (Fsp3) is 1.00. The first-order valence-electron chi connectivity index (χ1n) is 15.7. The molecular formula is C31H56N4O. The average molecular weight is 501 g/mol. The third-order valence-electron chi connectivity index (χ3n) is 11.9. The first-order chi connectivity index (χ1) is 17.1. The zero-order valence-electron chi connectivity index (χ0n) is 24.4. The molecule has 0 N–H and O–H groups in total. The molecule has 0 aromatic heterocycles. The van der Waals surface area contributed by atoms with Gasteiger partial charge in [-0.3, -0.25) is 19.6 Å². The van der Waals surface area contributed by atoms with Crippen molar-refractivity contribution in [3.05, 3.63) is 0 Å². The molecule has 6 rings (SSSR count). The Kier molecular flexibility index (Phi) is 6.85. The molecule has 6 aliphatic rings. The van der Waals surface area contributed by atoms with Crippen molar-refractivity contribution >= 4 is 0 Å². The Labute approximate surface area is 222 Å². The Morgan fingerprint density at radius 2 is 1.33 bits per heavy atom. The van der Waals surface area contributed by atoms with E-state index in [-0.39, 0.29) is 0 Å². The van der Waals surface area contributed by atoms with Crippen LogP contribution in [-0.4, -0.2) is 106 Å². The summed E-state index contributed by atoms with van der Waals surface area (Å²) in [5.41, 5.74) is 1.61. The predicted molar refractivity (Wildman–Crippen MR) is 149 cm³/mol. The van der Waals surface area contributed by atoms with Crippen LogP contribution in [0.25, 0.3) is 0 Å². The fourth-order valence-corrected chi connectivity index (χ4v) is 9.48. The van der Waals surface area contributed by atoms with Crippen LogP contribution in [0.4, 0.5) is 0 Å². The lowest BCUT2D eigenvalue weighted by Gasteiger charge is -2.53. The molecule has 2 spiro atoms. The number of likely N-dealkylation sites (tertiary alicyclic amines) is 4. The van der Waals surface area contributed by atoms with Crippen LogP contribution >= 0.6 is 0 Å². The van der Waals surface area contributed by atoms with Crippen LogP contribution in [0.2, 0.25) is 0 Å². The van der Waals surface area contributed by atoms with Gasteiger partial charge in [0, 0.05) is 60.9 Å². The molecule has 5 aliphatic heterocycles. The number of hydrogen-bond acceptors (Lipinski definition) is 5. The summed E-state index contributed by atoms with van der Waals surface area (Å²) in [5, 5.41) is 0. The number of piperidine rings is 2. The Morgan fingerprint density at radius 1 is 0.694 bits per heavy atom. The number of rotatable bonds is 5. The van der Waals surface area contributed by atoms with E-state index in [4.69, 9.17) is 4.74 Å².